The molecule has 0 aliphatic carbocycles. The van der Waals surface area contributed by atoms with Crippen molar-refractivity contribution in [1.82, 2.24) is 19.6 Å². The van der Waals surface area contributed by atoms with Crippen LogP contribution in [0.4, 0.5) is 0 Å². The van der Waals surface area contributed by atoms with Gasteiger partial charge < -0.3 is 13.8 Å². The van der Waals surface area contributed by atoms with E-state index >= 15 is 0 Å². The van der Waals surface area contributed by atoms with E-state index < -0.39 is 0 Å². The molecule has 0 fully saturated rings. The zero-order chi connectivity index (χ0) is 18.8. The Morgan fingerprint density at radius 3 is 2.89 bits per heavy atom. The molecule has 7 nitrogen and oxygen atoms in total. The summed E-state index contributed by atoms with van der Waals surface area (Å²) in [5, 5.41) is 13.0. The fourth-order valence-electron chi connectivity index (χ4n) is 3.46. The van der Waals surface area contributed by atoms with Crippen molar-refractivity contribution in [2.24, 2.45) is 0 Å². The highest BCUT2D eigenvalue weighted by Gasteiger charge is 2.25. The summed E-state index contributed by atoms with van der Waals surface area (Å²) in [6.07, 6.45) is 3.56. The molecule has 0 amide bonds. The lowest BCUT2D eigenvalue weighted by molar-refractivity contribution is 0.119. The molecule has 0 saturated carbocycles. The molecule has 4 heterocycles. The van der Waals surface area contributed by atoms with Crippen LogP contribution in [0, 0.1) is 25.2 Å². The van der Waals surface area contributed by atoms with Gasteiger partial charge >= 0.3 is 0 Å². The minimum Gasteiger partial charge on any atom is -0.471 e. The molecule has 0 bridgehead atoms. The summed E-state index contributed by atoms with van der Waals surface area (Å²) >= 11 is 0. The van der Waals surface area contributed by atoms with Crippen LogP contribution in [0.15, 0.2) is 41.2 Å². The maximum Gasteiger partial charge on any atom is 0.213 e. The predicted molar refractivity (Wildman–Crippen MR) is 97.9 cm³/mol. The summed E-state index contributed by atoms with van der Waals surface area (Å²) in [5.41, 5.74) is 3.83. The number of nitriles is 1. The van der Waals surface area contributed by atoms with Crippen LogP contribution in [0.2, 0.25) is 0 Å². The minimum absolute atomic E-state index is 0.0560. The van der Waals surface area contributed by atoms with Crippen LogP contribution in [0.1, 0.15) is 28.3 Å². The van der Waals surface area contributed by atoms with Gasteiger partial charge in [-0.15, -0.1) is 0 Å². The van der Waals surface area contributed by atoms with Crippen LogP contribution < -0.4 is 4.74 Å². The van der Waals surface area contributed by atoms with Crippen molar-refractivity contribution in [3.8, 4) is 11.9 Å². The average molecular weight is 363 g/mol. The lowest BCUT2D eigenvalue weighted by Crippen LogP contribution is -2.35. The zero-order valence-corrected chi connectivity index (χ0v) is 15.4. The Morgan fingerprint density at radius 1 is 1.30 bits per heavy atom. The Labute approximate surface area is 157 Å². The number of nitrogens with zero attached hydrogens (tertiary/aromatic N) is 5. The molecule has 1 aliphatic heterocycles. The van der Waals surface area contributed by atoms with Crippen LogP contribution in [0.5, 0.6) is 5.88 Å². The third-order valence-electron chi connectivity index (χ3n) is 4.89. The largest absolute Gasteiger partial charge is 0.471 e. The summed E-state index contributed by atoms with van der Waals surface area (Å²) in [6.45, 7) is 7.02. The van der Waals surface area contributed by atoms with Crippen LogP contribution >= 0.6 is 0 Å². The first-order valence-corrected chi connectivity index (χ1v) is 8.93. The maximum atomic E-state index is 8.92. The van der Waals surface area contributed by atoms with Crippen molar-refractivity contribution in [3.63, 3.8) is 0 Å². The minimum atomic E-state index is -0.0560. The van der Waals surface area contributed by atoms with Gasteiger partial charge in [-0.25, -0.2) is 4.98 Å². The molecule has 1 atom stereocenters. The molecule has 3 aromatic heterocycles. The van der Waals surface area contributed by atoms with Crippen LogP contribution in [0.25, 0.3) is 0 Å². The van der Waals surface area contributed by atoms with Gasteiger partial charge in [-0.2, -0.15) is 5.26 Å². The number of hydrogen-bond donors (Lipinski definition) is 0. The molecule has 0 aromatic carbocycles. The Morgan fingerprint density at radius 2 is 2.19 bits per heavy atom. The molecule has 0 unspecified atom stereocenters. The standard InChI is InChI=1S/C20H21N5O2/c1-14-19(15(2)27-23-14)13-24-10-17-4-3-7-25(17)12-18(11-24)26-20-6-5-16(8-21)9-22-20/h3-7,9,18H,10-13H2,1-2H3/t18-/m0/s1. The molecule has 0 radical (unpaired) electrons. The van der Waals surface area contributed by atoms with Crippen molar-refractivity contribution in [2.45, 2.75) is 39.6 Å². The third kappa shape index (κ3) is 3.71. The molecule has 0 spiro atoms. The Balaban J connectivity index is 1.55. The quantitative estimate of drug-likeness (QED) is 0.709. The van der Waals surface area contributed by atoms with Crippen LogP contribution in [0.3, 0.4) is 0 Å². The number of ether oxygens (including phenoxy) is 1. The fraction of sp³-hybridized carbons (Fsp3) is 0.350. The number of aromatic nitrogens is 3. The lowest BCUT2D eigenvalue weighted by Gasteiger charge is -2.24. The molecule has 138 valence electrons. The van der Waals surface area contributed by atoms with Gasteiger partial charge in [-0.05, 0) is 32.0 Å². The summed E-state index contributed by atoms with van der Waals surface area (Å²) in [6, 6.07) is 9.75. The van der Waals surface area contributed by atoms with E-state index in [1.54, 1.807) is 12.1 Å². The molecule has 0 N–H and O–H groups in total. The monoisotopic (exact) mass is 363 g/mol. The van der Waals surface area contributed by atoms with Crippen molar-refractivity contribution >= 4 is 0 Å². The highest BCUT2D eigenvalue weighted by molar-refractivity contribution is 5.28. The van der Waals surface area contributed by atoms with Crippen LogP contribution in [-0.4, -0.2) is 32.3 Å². The first-order chi connectivity index (χ1) is 13.1. The second-order valence-corrected chi connectivity index (χ2v) is 6.86. The van der Waals surface area contributed by atoms with Crippen molar-refractivity contribution in [1.29, 1.82) is 5.26 Å². The summed E-state index contributed by atoms with van der Waals surface area (Å²) in [7, 11) is 0. The van der Waals surface area contributed by atoms with E-state index in [0.29, 0.717) is 11.4 Å². The lowest BCUT2D eigenvalue weighted by atomic mass is 10.2. The molecule has 4 rings (SSSR count). The molecule has 7 heteroatoms. The zero-order valence-electron chi connectivity index (χ0n) is 15.4. The van der Waals surface area contributed by atoms with Gasteiger partial charge in [0.25, 0.3) is 0 Å². The summed E-state index contributed by atoms with van der Waals surface area (Å²) in [4.78, 5) is 6.60. The fourth-order valence-corrected chi connectivity index (χ4v) is 3.46. The van der Waals surface area contributed by atoms with E-state index in [9.17, 15) is 0 Å². The van der Waals surface area contributed by atoms with Gasteiger partial charge in [0.1, 0.15) is 17.9 Å². The molecule has 0 saturated heterocycles. The van der Waals surface area contributed by atoms with Gasteiger partial charge in [0, 0.05) is 49.4 Å². The number of aryl methyl sites for hydroxylation is 2. The van der Waals surface area contributed by atoms with Crippen molar-refractivity contribution < 1.29 is 9.26 Å². The Bertz CT molecular complexity index is 948. The van der Waals surface area contributed by atoms with E-state index in [-0.39, 0.29) is 6.10 Å². The first-order valence-electron chi connectivity index (χ1n) is 8.93. The normalized spacial score (nSPS) is 17.1. The van der Waals surface area contributed by atoms with Gasteiger partial charge in [0.15, 0.2) is 0 Å². The van der Waals surface area contributed by atoms with Crippen LogP contribution in [-0.2, 0) is 19.6 Å². The maximum absolute atomic E-state index is 8.92. The molecular weight excluding hydrogens is 342 g/mol. The number of hydrogen-bond acceptors (Lipinski definition) is 6. The number of fused-ring (bicyclic) bond motifs is 1. The Kier molecular flexibility index (Phi) is 4.65. The topological polar surface area (TPSA) is 80.1 Å². The van der Waals surface area contributed by atoms with Gasteiger partial charge in [-0.3, -0.25) is 4.90 Å². The summed E-state index contributed by atoms with van der Waals surface area (Å²) < 4.78 is 13.7. The molecular formula is C20H21N5O2. The first kappa shape index (κ1) is 17.3. The smallest absolute Gasteiger partial charge is 0.213 e. The van der Waals surface area contributed by atoms with Crippen molar-refractivity contribution in [3.05, 3.63) is 64.9 Å². The average Bonchev–Trinajstić information content (AvgIpc) is 3.18. The number of rotatable bonds is 4. The Hall–Kier alpha value is -3.11. The third-order valence-corrected chi connectivity index (χ3v) is 4.89. The van der Waals surface area contributed by atoms with E-state index in [2.05, 4.69) is 44.0 Å². The van der Waals surface area contributed by atoms with E-state index in [0.717, 1.165) is 43.2 Å². The van der Waals surface area contributed by atoms with E-state index in [1.807, 2.05) is 13.8 Å². The molecule has 1 aliphatic rings. The second-order valence-electron chi connectivity index (χ2n) is 6.86. The molecule has 27 heavy (non-hydrogen) atoms. The number of pyridine rings is 1. The van der Waals surface area contributed by atoms with Gasteiger partial charge in [0.05, 0.1) is 17.8 Å². The van der Waals surface area contributed by atoms with Gasteiger partial charge in [0.2, 0.25) is 5.88 Å². The van der Waals surface area contributed by atoms with Crippen molar-refractivity contribution in [2.75, 3.05) is 6.54 Å². The van der Waals surface area contributed by atoms with E-state index in [4.69, 9.17) is 14.5 Å². The van der Waals surface area contributed by atoms with E-state index in [1.165, 1.54) is 11.9 Å². The highest BCUT2D eigenvalue weighted by atomic mass is 16.5. The predicted octanol–water partition coefficient (Wildman–Crippen LogP) is 2.82. The second kappa shape index (κ2) is 7.25. The SMILES string of the molecule is Cc1noc(C)c1CN1Cc2cccn2C[C@@H](Oc2ccc(C#N)cn2)C1. The van der Waals surface area contributed by atoms with Gasteiger partial charge in [-0.1, -0.05) is 5.16 Å². The molecule has 3 aromatic rings. The highest BCUT2D eigenvalue weighted by Crippen LogP contribution is 2.21. The summed E-state index contributed by atoms with van der Waals surface area (Å²) in [5.74, 6) is 1.39.